The summed E-state index contributed by atoms with van der Waals surface area (Å²) >= 11 is 0.668. The SMILES string of the molecule is C[C]([Hg])(c1ccccc1)c1ccccc1. The van der Waals surface area contributed by atoms with Crippen molar-refractivity contribution in [2.75, 3.05) is 0 Å². The van der Waals surface area contributed by atoms with E-state index in [0.717, 1.165) is 0 Å². The van der Waals surface area contributed by atoms with E-state index in [0.29, 0.717) is 26.1 Å². The quantitative estimate of drug-likeness (QED) is 0.698. The van der Waals surface area contributed by atoms with Crippen molar-refractivity contribution in [3.05, 3.63) is 71.8 Å². The Bertz CT molecular complexity index is 376. The fraction of sp³-hybridized carbons (Fsp3) is 0.143. The molecular weight excluding hydrogens is 369 g/mol. The van der Waals surface area contributed by atoms with Crippen LogP contribution in [0.15, 0.2) is 60.7 Å². The van der Waals surface area contributed by atoms with Gasteiger partial charge in [-0.15, -0.1) is 0 Å². The van der Waals surface area contributed by atoms with Crippen molar-refractivity contribution < 1.29 is 26.1 Å². The normalized spacial score (nSPS) is 11.4. The first-order chi connectivity index (χ1) is 7.21. The van der Waals surface area contributed by atoms with Gasteiger partial charge in [0.15, 0.2) is 0 Å². The molecule has 0 amide bonds. The molecule has 0 atom stereocenters. The molecule has 0 saturated heterocycles. The van der Waals surface area contributed by atoms with Crippen LogP contribution in [0.25, 0.3) is 0 Å². The fourth-order valence-corrected chi connectivity index (χ4v) is 3.61. The molecule has 2 aromatic rings. The Balaban J connectivity index is 2.44. The Morgan fingerprint density at radius 1 is 0.733 bits per heavy atom. The standard InChI is InChI=1S/C14H13.Hg/c1-12(13-8-4-2-5-9-13)14-10-6-3-7-11-14;/h2-11H,1H3;. The summed E-state index contributed by atoms with van der Waals surface area (Å²) in [4.78, 5) is 0. The molecule has 0 heterocycles. The van der Waals surface area contributed by atoms with Gasteiger partial charge < -0.3 is 0 Å². The first kappa shape index (κ1) is 10.9. The van der Waals surface area contributed by atoms with E-state index in [1.165, 1.54) is 11.1 Å². The molecule has 0 aliphatic carbocycles. The Morgan fingerprint density at radius 3 is 1.40 bits per heavy atom. The number of rotatable bonds is 2. The first-order valence-electron chi connectivity index (χ1n) is 5.17. The molecule has 0 unspecified atom stereocenters. The van der Waals surface area contributed by atoms with Crippen LogP contribution in [0.1, 0.15) is 18.1 Å². The van der Waals surface area contributed by atoms with Crippen LogP contribution in [0, 0.1) is 0 Å². The first-order valence-corrected chi connectivity index (χ1v) is 7.92. The van der Waals surface area contributed by atoms with Gasteiger partial charge in [0, 0.05) is 0 Å². The predicted octanol–water partition coefficient (Wildman–Crippen LogP) is 3.50. The van der Waals surface area contributed by atoms with Crippen molar-refractivity contribution in [2.45, 2.75) is 9.85 Å². The molecule has 0 bridgehead atoms. The Kier molecular flexibility index (Phi) is 3.25. The molecular formula is C14H13Hg. The van der Waals surface area contributed by atoms with Gasteiger partial charge in [-0.05, 0) is 0 Å². The Morgan fingerprint density at radius 2 is 1.07 bits per heavy atom. The van der Waals surface area contributed by atoms with E-state index in [4.69, 9.17) is 0 Å². The molecule has 0 fully saturated rings. The van der Waals surface area contributed by atoms with E-state index >= 15 is 0 Å². The third kappa shape index (κ3) is 2.31. The zero-order valence-electron chi connectivity index (χ0n) is 8.98. The molecule has 0 radical (unpaired) electrons. The van der Waals surface area contributed by atoms with Crippen LogP contribution in [0.5, 0.6) is 0 Å². The molecule has 0 N–H and O–H groups in total. The average molecular weight is 382 g/mol. The van der Waals surface area contributed by atoms with Crippen LogP contribution in [-0.4, -0.2) is 0 Å². The van der Waals surface area contributed by atoms with Gasteiger partial charge in [0.2, 0.25) is 0 Å². The fourth-order valence-electron chi connectivity index (χ4n) is 1.78. The van der Waals surface area contributed by atoms with E-state index in [1.807, 2.05) is 0 Å². The summed E-state index contributed by atoms with van der Waals surface area (Å²) in [5.74, 6) is 0. The van der Waals surface area contributed by atoms with Gasteiger partial charge in [0.1, 0.15) is 0 Å². The summed E-state index contributed by atoms with van der Waals surface area (Å²) in [6.45, 7) is 2.35. The van der Waals surface area contributed by atoms with Gasteiger partial charge in [0.25, 0.3) is 0 Å². The van der Waals surface area contributed by atoms with Gasteiger partial charge in [-0.1, -0.05) is 0 Å². The molecule has 0 aliphatic heterocycles. The van der Waals surface area contributed by atoms with E-state index in [-0.39, 0.29) is 2.92 Å². The minimum atomic E-state index is 0.280. The van der Waals surface area contributed by atoms with E-state index in [9.17, 15) is 0 Å². The second-order valence-electron chi connectivity index (χ2n) is 4.06. The van der Waals surface area contributed by atoms with Crippen LogP contribution in [0.3, 0.4) is 0 Å². The maximum absolute atomic E-state index is 2.35. The molecule has 1 heteroatoms. The van der Waals surface area contributed by atoms with Gasteiger partial charge in [-0.2, -0.15) is 0 Å². The van der Waals surface area contributed by atoms with Crippen molar-refractivity contribution in [1.29, 1.82) is 0 Å². The number of hydrogen-bond donors (Lipinski definition) is 0. The topological polar surface area (TPSA) is 0 Å². The zero-order chi connectivity index (χ0) is 10.7. The Labute approximate surface area is 107 Å². The van der Waals surface area contributed by atoms with Crippen LogP contribution >= 0.6 is 0 Å². The van der Waals surface area contributed by atoms with Crippen LogP contribution in [0.4, 0.5) is 0 Å². The third-order valence-electron chi connectivity index (χ3n) is 2.82. The van der Waals surface area contributed by atoms with Crippen LogP contribution < -0.4 is 0 Å². The molecule has 0 saturated carbocycles. The molecule has 71 valence electrons. The van der Waals surface area contributed by atoms with Gasteiger partial charge in [0.05, 0.1) is 0 Å². The minimum absolute atomic E-state index is 0.280. The maximum atomic E-state index is 2.35. The monoisotopic (exact) mass is 383 g/mol. The van der Waals surface area contributed by atoms with Gasteiger partial charge >= 0.3 is 108 Å². The average Bonchev–Trinajstić information content (AvgIpc) is 2.31. The molecule has 0 spiro atoms. The second kappa shape index (κ2) is 4.48. The summed E-state index contributed by atoms with van der Waals surface area (Å²) in [5, 5.41) is 0. The van der Waals surface area contributed by atoms with Gasteiger partial charge in [-0.25, -0.2) is 0 Å². The molecule has 0 aliphatic rings. The Hall–Kier alpha value is -0.625. The van der Waals surface area contributed by atoms with Crippen molar-refractivity contribution >= 4 is 0 Å². The van der Waals surface area contributed by atoms with Gasteiger partial charge in [-0.3, -0.25) is 0 Å². The van der Waals surface area contributed by atoms with E-state index < -0.39 is 0 Å². The summed E-state index contributed by atoms with van der Waals surface area (Å²) < 4.78 is 0.280. The molecule has 2 aromatic carbocycles. The summed E-state index contributed by atoms with van der Waals surface area (Å²) in [5.41, 5.74) is 2.89. The van der Waals surface area contributed by atoms with Crippen molar-refractivity contribution in [3.8, 4) is 0 Å². The predicted molar refractivity (Wildman–Crippen MR) is 59.3 cm³/mol. The molecule has 15 heavy (non-hydrogen) atoms. The number of hydrogen-bond acceptors (Lipinski definition) is 0. The van der Waals surface area contributed by atoms with E-state index in [2.05, 4.69) is 67.6 Å². The van der Waals surface area contributed by atoms with Crippen molar-refractivity contribution in [2.24, 2.45) is 0 Å². The second-order valence-corrected chi connectivity index (χ2v) is 9.56. The summed E-state index contributed by atoms with van der Waals surface area (Å²) in [7, 11) is 0. The molecule has 2 rings (SSSR count). The van der Waals surface area contributed by atoms with Crippen LogP contribution in [-0.2, 0) is 29.0 Å². The van der Waals surface area contributed by atoms with Crippen molar-refractivity contribution in [1.82, 2.24) is 0 Å². The molecule has 0 aromatic heterocycles. The van der Waals surface area contributed by atoms with Crippen LogP contribution in [0.2, 0.25) is 0 Å². The van der Waals surface area contributed by atoms with E-state index in [1.54, 1.807) is 0 Å². The zero-order valence-corrected chi connectivity index (χ0v) is 14.5. The van der Waals surface area contributed by atoms with Crippen molar-refractivity contribution in [3.63, 3.8) is 0 Å². The third-order valence-corrected chi connectivity index (χ3v) is 6.00. The summed E-state index contributed by atoms with van der Waals surface area (Å²) in [6, 6.07) is 21.6. The summed E-state index contributed by atoms with van der Waals surface area (Å²) in [6.07, 6.45) is 0. The molecule has 0 nitrogen and oxygen atoms in total. The number of benzene rings is 2.